The van der Waals surface area contributed by atoms with Gasteiger partial charge in [-0.25, -0.2) is 0 Å². The summed E-state index contributed by atoms with van der Waals surface area (Å²) in [5.74, 6) is 0. The average molecular weight is 261 g/mol. The van der Waals surface area contributed by atoms with Gasteiger partial charge in [-0.3, -0.25) is 4.72 Å². The molecule has 0 aliphatic carbocycles. The van der Waals surface area contributed by atoms with Crippen molar-refractivity contribution in [1.82, 2.24) is 4.31 Å². The first kappa shape index (κ1) is 11.7. The third-order valence-electron chi connectivity index (χ3n) is 2.48. The molecule has 1 aromatic rings. The third kappa shape index (κ3) is 2.66. The summed E-state index contributed by atoms with van der Waals surface area (Å²) < 4.78 is 27.7. The maximum absolute atomic E-state index is 11.9. The fourth-order valence-electron chi connectivity index (χ4n) is 1.69. The number of rotatable bonds is 3. The zero-order chi connectivity index (χ0) is 11.6. The predicted molar refractivity (Wildman–Crippen MR) is 64.8 cm³/mol. The van der Waals surface area contributed by atoms with Gasteiger partial charge < -0.3 is 0 Å². The van der Waals surface area contributed by atoms with Crippen LogP contribution in [0.1, 0.15) is 12.8 Å². The molecule has 6 heteroatoms. The minimum atomic E-state index is -3.41. The summed E-state index contributed by atoms with van der Waals surface area (Å²) in [6.07, 6.45) is 1.85. The highest BCUT2D eigenvalue weighted by Crippen LogP contribution is 2.19. The lowest BCUT2D eigenvalue weighted by molar-refractivity contribution is 0.482. The van der Waals surface area contributed by atoms with Crippen LogP contribution >= 0.6 is 11.6 Å². The third-order valence-corrected chi connectivity index (χ3v) is 4.25. The number of hydrogen-bond acceptors (Lipinski definition) is 2. The number of nitrogens with one attached hydrogen (secondary N) is 1. The minimum absolute atomic E-state index is 0.499. The van der Waals surface area contributed by atoms with E-state index in [4.69, 9.17) is 11.6 Å². The molecule has 0 atom stereocenters. The first-order valence-electron chi connectivity index (χ1n) is 5.11. The van der Waals surface area contributed by atoms with Crippen molar-refractivity contribution in [3.8, 4) is 0 Å². The lowest BCUT2D eigenvalue weighted by Gasteiger charge is -2.16. The summed E-state index contributed by atoms with van der Waals surface area (Å²) in [5.41, 5.74) is 0.499. The minimum Gasteiger partial charge on any atom is -0.271 e. The predicted octanol–water partition coefficient (Wildman–Crippen LogP) is 2.09. The molecule has 1 aliphatic rings. The van der Waals surface area contributed by atoms with Gasteiger partial charge in [-0.05, 0) is 31.0 Å². The van der Waals surface area contributed by atoms with Crippen LogP contribution in [0.3, 0.4) is 0 Å². The summed E-state index contributed by atoms with van der Waals surface area (Å²) in [6, 6.07) is 6.69. The Morgan fingerprint density at radius 2 is 1.94 bits per heavy atom. The van der Waals surface area contributed by atoms with Crippen LogP contribution in [-0.2, 0) is 10.2 Å². The zero-order valence-corrected chi connectivity index (χ0v) is 10.3. The molecule has 1 heterocycles. The highest BCUT2D eigenvalue weighted by Gasteiger charge is 2.24. The summed E-state index contributed by atoms with van der Waals surface area (Å²) >= 11 is 5.78. The SMILES string of the molecule is O=S(=O)(Nc1cccc(Cl)c1)N1CCCC1. The quantitative estimate of drug-likeness (QED) is 0.905. The number of anilines is 1. The Morgan fingerprint density at radius 3 is 2.56 bits per heavy atom. The molecule has 1 fully saturated rings. The van der Waals surface area contributed by atoms with Gasteiger partial charge in [0.15, 0.2) is 0 Å². The van der Waals surface area contributed by atoms with Crippen molar-refractivity contribution < 1.29 is 8.42 Å². The van der Waals surface area contributed by atoms with E-state index in [-0.39, 0.29) is 0 Å². The second-order valence-electron chi connectivity index (χ2n) is 3.72. The lowest BCUT2D eigenvalue weighted by atomic mass is 10.3. The van der Waals surface area contributed by atoms with Crippen LogP contribution in [0.15, 0.2) is 24.3 Å². The van der Waals surface area contributed by atoms with E-state index in [9.17, 15) is 8.42 Å². The van der Waals surface area contributed by atoms with E-state index in [2.05, 4.69) is 4.72 Å². The Hall–Kier alpha value is -0.780. The largest absolute Gasteiger partial charge is 0.301 e. The second-order valence-corrected chi connectivity index (χ2v) is 5.83. The maximum Gasteiger partial charge on any atom is 0.301 e. The van der Waals surface area contributed by atoms with Gasteiger partial charge in [0.1, 0.15) is 0 Å². The van der Waals surface area contributed by atoms with E-state index in [1.54, 1.807) is 24.3 Å². The Balaban J connectivity index is 2.14. The van der Waals surface area contributed by atoms with E-state index in [1.165, 1.54) is 4.31 Å². The van der Waals surface area contributed by atoms with Gasteiger partial charge in [0.25, 0.3) is 0 Å². The monoisotopic (exact) mass is 260 g/mol. The van der Waals surface area contributed by atoms with Crippen molar-refractivity contribution in [2.45, 2.75) is 12.8 Å². The average Bonchev–Trinajstić information content (AvgIpc) is 2.69. The van der Waals surface area contributed by atoms with Gasteiger partial charge in [-0.2, -0.15) is 12.7 Å². The van der Waals surface area contributed by atoms with Crippen molar-refractivity contribution in [2.24, 2.45) is 0 Å². The maximum atomic E-state index is 11.9. The number of nitrogens with zero attached hydrogens (tertiary/aromatic N) is 1. The second kappa shape index (κ2) is 4.61. The van der Waals surface area contributed by atoms with Crippen LogP contribution in [0, 0.1) is 0 Å². The molecule has 1 saturated heterocycles. The van der Waals surface area contributed by atoms with Crippen molar-refractivity contribution in [1.29, 1.82) is 0 Å². The fourth-order valence-corrected chi connectivity index (χ4v) is 3.18. The van der Waals surface area contributed by atoms with Crippen LogP contribution in [0.4, 0.5) is 5.69 Å². The standard InChI is InChI=1S/C10H13ClN2O2S/c11-9-4-3-5-10(8-9)12-16(14,15)13-6-1-2-7-13/h3-5,8,12H,1-2,6-7H2. The number of benzene rings is 1. The van der Waals surface area contributed by atoms with Crippen LogP contribution < -0.4 is 4.72 Å². The molecule has 1 N–H and O–H groups in total. The van der Waals surface area contributed by atoms with E-state index in [1.807, 2.05) is 0 Å². The van der Waals surface area contributed by atoms with Gasteiger partial charge in [0.05, 0.1) is 5.69 Å². The lowest BCUT2D eigenvalue weighted by Crippen LogP contribution is -2.33. The summed E-state index contributed by atoms with van der Waals surface area (Å²) in [4.78, 5) is 0. The van der Waals surface area contributed by atoms with Crippen LogP contribution in [0.5, 0.6) is 0 Å². The summed E-state index contributed by atoms with van der Waals surface area (Å²) in [7, 11) is -3.41. The fraction of sp³-hybridized carbons (Fsp3) is 0.400. The first-order valence-corrected chi connectivity index (χ1v) is 6.93. The molecule has 0 bridgehead atoms. The Labute approximate surface area is 100 Å². The van der Waals surface area contributed by atoms with Crippen LogP contribution in [0.2, 0.25) is 5.02 Å². The van der Waals surface area contributed by atoms with Crippen molar-refractivity contribution >= 4 is 27.5 Å². The molecule has 0 amide bonds. The van der Waals surface area contributed by atoms with E-state index >= 15 is 0 Å². The van der Waals surface area contributed by atoms with Gasteiger partial charge >= 0.3 is 10.2 Å². The molecule has 0 unspecified atom stereocenters. The molecular weight excluding hydrogens is 248 g/mol. The van der Waals surface area contributed by atoms with Gasteiger partial charge in [-0.15, -0.1) is 0 Å². The molecule has 1 aliphatic heterocycles. The molecule has 0 spiro atoms. The molecule has 16 heavy (non-hydrogen) atoms. The molecule has 2 rings (SSSR count). The normalized spacial score (nSPS) is 17.6. The smallest absolute Gasteiger partial charge is 0.271 e. The van der Waals surface area contributed by atoms with Crippen LogP contribution in [0.25, 0.3) is 0 Å². The van der Waals surface area contributed by atoms with Gasteiger partial charge in [0.2, 0.25) is 0 Å². The highest BCUT2D eigenvalue weighted by atomic mass is 35.5. The van der Waals surface area contributed by atoms with Crippen molar-refractivity contribution in [3.63, 3.8) is 0 Å². The Morgan fingerprint density at radius 1 is 1.25 bits per heavy atom. The Kier molecular flexibility index (Phi) is 3.37. The molecular formula is C10H13ClN2O2S. The van der Waals surface area contributed by atoms with Crippen LogP contribution in [-0.4, -0.2) is 25.8 Å². The highest BCUT2D eigenvalue weighted by molar-refractivity contribution is 7.90. The molecule has 4 nitrogen and oxygen atoms in total. The van der Waals surface area contributed by atoms with E-state index in [0.717, 1.165) is 12.8 Å². The van der Waals surface area contributed by atoms with Gasteiger partial charge in [-0.1, -0.05) is 17.7 Å². The topological polar surface area (TPSA) is 49.4 Å². The molecule has 0 saturated carbocycles. The molecule has 0 radical (unpaired) electrons. The Bertz CT molecular complexity index is 469. The molecule has 88 valence electrons. The number of halogens is 1. The van der Waals surface area contributed by atoms with E-state index in [0.29, 0.717) is 23.8 Å². The molecule has 0 aromatic heterocycles. The first-order chi connectivity index (χ1) is 7.58. The zero-order valence-electron chi connectivity index (χ0n) is 8.69. The van der Waals surface area contributed by atoms with Crippen molar-refractivity contribution in [3.05, 3.63) is 29.3 Å². The van der Waals surface area contributed by atoms with Crippen molar-refractivity contribution in [2.75, 3.05) is 17.8 Å². The van der Waals surface area contributed by atoms with Gasteiger partial charge in [0, 0.05) is 18.1 Å². The summed E-state index contributed by atoms with van der Waals surface area (Å²) in [6.45, 7) is 1.19. The number of hydrogen-bond donors (Lipinski definition) is 1. The van der Waals surface area contributed by atoms with E-state index < -0.39 is 10.2 Å². The molecule has 1 aromatic carbocycles. The summed E-state index contributed by atoms with van der Waals surface area (Å²) in [5, 5.41) is 0.515.